The lowest BCUT2D eigenvalue weighted by atomic mass is 10.0. The number of thiophene rings is 1. The SMILES string of the molecule is Cc1ccc(C(=O)Nc2ccc3c(c2)N(C(=O)c2cccs2)CCC3)cc1[N+](=O)[O-]. The van der Waals surface area contributed by atoms with Gasteiger partial charge in [0.15, 0.2) is 0 Å². The van der Waals surface area contributed by atoms with Gasteiger partial charge in [-0.2, -0.15) is 0 Å². The zero-order valence-corrected chi connectivity index (χ0v) is 17.1. The van der Waals surface area contributed by atoms with Gasteiger partial charge in [-0.3, -0.25) is 19.7 Å². The molecule has 0 bridgehead atoms. The number of nitrogens with one attached hydrogen (secondary N) is 1. The van der Waals surface area contributed by atoms with Crippen LogP contribution in [0, 0.1) is 17.0 Å². The fourth-order valence-electron chi connectivity index (χ4n) is 3.55. The number of fused-ring (bicyclic) bond motifs is 1. The predicted octanol–water partition coefficient (Wildman–Crippen LogP) is 4.81. The topological polar surface area (TPSA) is 92.6 Å². The zero-order valence-electron chi connectivity index (χ0n) is 16.3. The molecular weight excluding hydrogens is 402 g/mol. The van der Waals surface area contributed by atoms with Gasteiger partial charge in [-0.15, -0.1) is 11.3 Å². The van der Waals surface area contributed by atoms with Crippen LogP contribution in [-0.2, 0) is 6.42 Å². The van der Waals surface area contributed by atoms with Crippen molar-refractivity contribution in [2.45, 2.75) is 19.8 Å². The van der Waals surface area contributed by atoms with Crippen LogP contribution < -0.4 is 10.2 Å². The number of aryl methyl sites for hydroxylation is 2. The second-order valence-corrected chi connectivity index (χ2v) is 8.04. The Morgan fingerprint density at radius 2 is 2.00 bits per heavy atom. The maximum atomic E-state index is 12.9. The number of nitro benzene ring substituents is 1. The van der Waals surface area contributed by atoms with Crippen molar-refractivity contribution in [1.29, 1.82) is 0 Å². The van der Waals surface area contributed by atoms with Gasteiger partial charge in [0.2, 0.25) is 0 Å². The highest BCUT2D eigenvalue weighted by Gasteiger charge is 2.25. The molecule has 8 heteroatoms. The number of rotatable bonds is 4. The fourth-order valence-corrected chi connectivity index (χ4v) is 4.22. The van der Waals surface area contributed by atoms with E-state index in [0.29, 0.717) is 22.7 Å². The van der Waals surface area contributed by atoms with Crippen molar-refractivity contribution in [1.82, 2.24) is 0 Å². The summed E-state index contributed by atoms with van der Waals surface area (Å²) in [5, 5.41) is 15.8. The molecule has 1 N–H and O–H groups in total. The lowest BCUT2D eigenvalue weighted by Crippen LogP contribution is -2.35. The molecule has 1 aliphatic rings. The van der Waals surface area contributed by atoms with Crippen molar-refractivity contribution in [3.05, 3.63) is 85.6 Å². The van der Waals surface area contributed by atoms with Crippen molar-refractivity contribution in [3.8, 4) is 0 Å². The minimum atomic E-state index is -0.501. The van der Waals surface area contributed by atoms with Crippen LogP contribution in [0.5, 0.6) is 0 Å². The van der Waals surface area contributed by atoms with Gasteiger partial charge >= 0.3 is 0 Å². The van der Waals surface area contributed by atoms with Gasteiger partial charge in [0.25, 0.3) is 17.5 Å². The number of carbonyl (C=O) groups excluding carboxylic acids is 2. The van der Waals surface area contributed by atoms with Crippen molar-refractivity contribution in [2.24, 2.45) is 0 Å². The number of carbonyl (C=O) groups is 2. The molecule has 30 heavy (non-hydrogen) atoms. The minimum Gasteiger partial charge on any atom is -0.322 e. The largest absolute Gasteiger partial charge is 0.322 e. The van der Waals surface area contributed by atoms with Crippen LogP contribution in [0.1, 0.15) is 37.6 Å². The Morgan fingerprint density at radius 3 is 2.73 bits per heavy atom. The molecule has 0 fully saturated rings. The Balaban J connectivity index is 1.60. The third-order valence-corrected chi connectivity index (χ3v) is 5.96. The summed E-state index contributed by atoms with van der Waals surface area (Å²) in [7, 11) is 0. The molecule has 0 saturated carbocycles. The molecule has 0 aliphatic carbocycles. The zero-order chi connectivity index (χ0) is 21.3. The van der Waals surface area contributed by atoms with Gasteiger partial charge in [0.1, 0.15) is 0 Å². The number of hydrogen-bond donors (Lipinski definition) is 1. The van der Waals surface area contributed by atoms with Crippen LogP contribution in [0.2, 0.25) is 0 Å². The average Bonchev–Trinajstić information content (AvgIpc) is 3.27. The van der Waals surface area contributed by atoms with Crippen LogP contribution >= 0.6 is 11.3 Å². The molecule has 2 aromatic carbocycles. The van der Waals surface area contributed by atoms with Gasteiger partial charge in [0, 0.05) is 35.1 Å². The molecule has 7 nitrogen and oxygen atoms in total. The van der Waals surface area contributed by atoms with E-state index in [2.05, 4.69) is 5.32 Å². The quantitative estimate of drug-likeness (QED) is 0.483. The number of anilines is 2. The minimum absolute atomic E-state index is 0.0522. The number of hydrogen-bond acceptors (Lipinski definition) is 5. The summed E-state index contributed by atoms with van der Waals surface area (Å²) < 4.78 is 0. The van der Waals surface area contributed by atoms with Crippen molar-refractivity contribution >= 4 is 40.2 Å². The summed E-state index contributed by atoms with van der Waals surface area (Å²) in [4.78, 5) is 38.6. The van der Waals surface area contributed by atoms with Crippen LogP contribution in [-0.4, -0.2) is 23.3 Å². The first-order valence-corrected chi connectivity index (χ1v) is 10.4. The van der Waals surface area contributed by atoms with E-state index in [1.807, 2.05) is 17.5 Å². The first-order valence-electron chi connectivity index (χ1n) is 9.49. The molecule has 2 amide bonds. The number of nitro groups is 1. The molecule has 0 unspecified atom stereocenters. The van der Waals surface area contributed by atoms with Gasteiger partial charge < -0.3 is 10.2 Å². The van der Waals surface area contributed by atoms with E-state index in [1.54, 1.807) is 42.2 Å². The van der Waals surface area contributed by atoms with Gasteiger partial charge in [-0.1, -0.05) is 18.2 Å². The summed E-state index contributed by atoms with van der Waals surface area (Å²) in [5.41, 5.74) is 2.97. The molecule has 1 aromatic heterocycles. The Morgan fingerprint density at radius 1 is 1.17 bits per heavy atom. The van der Waals surface area contributed by atoms with Crippen LogP contribution in [0.15, 0.2) is 53.9 Å². The first kappa shape index (κ1) is 19.8. The third-order valence-electron chi connectivity index (χ3n) is 5.11. The Hall–Kier alpha value is -3.52. The highest BCUT2D eigenvalue weighted by Crippen LogP contribution is 2.32. The molecular formula is C22H19N3O4S. The molecule has 0 saturated heterocycles. The highest BCUT2D eigenvalue weighted by atomic mass is 32.1. The molecule has 152 valence electrons. The number of amides is 2. The molecule has 4 rings (SSSR count). The van der Waals surface area contributed by atoms with Gasteiger partial charge in [0.05, 0.1) is 9.80 Å². The third kappa shape index (κ3) is 3.81. The summed E-state index contributed by atoms with van der Waals surface area (Å²) in [6.45, 7) is 2.24. The summed E-state index contributed by atoms with van der Waals surface area (Å²) in [5.74, 6) is -0.492. The fraction of sp³-hybridized carbons (Fsp3) is 0.182. The first-order chi connectivity index (χ1) is 14.4. The van der Waals surface area contributed by atoms with E-state index in [9.17, 15) is 19.7 Å². The van der Waals surface area contributed by atoms with Gasteiger partial charge in [-0.25, -0.2) is 0 Å². The standard InChI is InChI=1S/C22H19N3O4S/c1-14-6-7-16(12-18(14)25(28)29)21(26)23-17-9-8-15-4-2-10-24(19(15)13-17)22(27)20-5-3-11-30-20/h3,5-9,11-13H,2,4,10H2,1H3,(H,23,26). The Labute approximate surface area is 177 Å². The summed E-state index contributed by atoms with van der Waals surface area (Å²) >= 11 is 1.40. The van der Waals surface area contributed by atoms with Crippen LogP contribution in [0.25, 0.3) is 0 Å². The van der Waals surface area contributed by atoms with Crippen LogP contribution in [0.3, 0.4) is 0 Å². The molecule has 3 aromatic rings. The predicted molar refractivity (Wildman–Crippen MR) is 117 cm³/mol. The summed E-state index contributed by atoms with van der Waals surface area (Å²) in [6, 6.07) is 13.5. The van der Waals surface area contributed by atoms with Crippen molar-refractivity contribution < 1.29 is 14.5 Å². The maximum Gasteiger partial charge on any atom is 0.273 e. The second kappa shape index (κ2) is 8.08. The van der Waals surface area contributed by atoms with Gasteiger partial charge in [-0.05, 0) is 55.0 Å². The Bertz CT molecular complexity index is 1140. The molecule has 1 aliphatic heterocycles. The van der Waals surface area contributed by atoms with E-state index in [-0.39, 0.29) is 17.2 Å². The smallest absolute Gasteiger partial charge is 0.273 e. The Kier molecular flexibility index (Phi) is 5.33. The maximum absolute atomic E-state index is 12.9. The molecule has 2 heterocycles. The van der Waals surface area contributed by atoms with Crippen molar-refractivity contribution in [3.63, 3.8) is 0 Å². The normalized spacial score (nSPS) is 12.9. The van der Waals surface area contributed by atoms with E-state index >= 15 is 0 Å². The average molecular weight is 421 g/mol. The highest BCUT2D eigenvalue weighted by molar-refractivity contribution is 7.12. The lowest BCUT2D eigenvalue weighted by molar-refractivity contribution is -0.385. The number of benzene rings is 2. The van der Waals surface area contributed by atoms with E-state index in [4.69, 9.17) is 0 Å². The van der Waals surface area contributed by atoms with E-state index in [1.165, 1.54) is 17.4 Å². The molecule has 0 spiro atoms. The second-order valence-electron chi connectivity index (χ2n) is 7.09. The summed E-state index contributed by atoms with van der Waals surface area (Å²) in [6.07, 6.45) is 1.74. The monoisotopic (exact) mass is 421 g/mol. The lowest BCUT2D eigenvalue weighted by Gasteiger charge is -2.29. The van der Waals surface area contributed by atoms with Crippen LogP contribution in [0.4, 0.5) is 17.1 Å². The van der Waals surface area contributed by atoms with Crippen molar-refractivity contribution in [2.75, 3.05) is 16.8 Å². The van der Waals surface area contributed by atoms with E-state index < -0.39 is 10.8 Å². The number of nitrogens with zero attached hydrogens (tertiary/aromatic N) is 2. The molecule has 0 radical (unpaired) electrons. The molecule has 0 atom stereocenters. The van der Waals surface area contributed by atoms with E-state index in [0.717, 1.165) is 24.1 Å².